The fourth-order valence-corrected chi connectivity index (χ4v) is 4.66. The number of aromatic nitrogens is 4. The highest BCUT2D eigenvalue weighted by Crippen LogP contribution is 2.40. The number of anilines is 1. The number of fused-ring (bicyclic) bond motifs is 1. The Labute approximate surface area is 130 Å². The van der Waals surface area contributed by atoms with Gasteiger partial charge in [0.15, 0.2) is 5.65 Å². The third-order valence-electron chi connectivity index (χ3n) is 4.37. The lowest BCUT2D eigenvalue weighted by molar-refractivity contribution is 0.527. The quantitative estimate of drug-likeness (QED) is 0.921. The van der Waals surface area contributed by atoms with Gasteiger partial charge in [-0.3, -0.25) is 9.25 Å². The van der Waals surface area contributed by atoms with Gasteiger partial charge in [0.25, 0.3) is 0 Å². The van der Waals surface area contributed by atoms with Crippen molar-refractivity contribution in [3.05, 3.63) is 5.69 Å². The molecule has 2 atom stereocenters. The standard InChI is InChI=1S/C15H25N5S/c1-4-6-12-13-14(19(3)18-12)20(15(16)17-13)10-7-8-11(9-10)21-5-2/h10-11H,4-9H2,1-3H3,(H2,16,17). The van der Waals surface area contributed by atoms with Crippen LogP contribution < -0.4 is 5.73 Å². The van der Waals surface area contributed by atoms with Crippen LogP contribution in [0, 0.1) is 0 Å². The summed E-state index contributed by atoms with van der Waals surface area (Å²) in [6.45, 7) is 4.41. The second-order valence-corrected chi connectivity index (χ2v) is 7.45. The minimum atomic E-state index is 0.476. The average Bonchev–Trinajstić information content (AvgIpc) is 3.09. The SMILES string of the molecule is CCCc1nn(C)c2c1nc(N)n2C1CCC(SCC)C1. The summed E-state index contributed by atoms with van der Waals surface area (Å²) >= 11 is 2.07. The highest BCUT2D eigenvalue weighted by atomic mass is 32.2. The van der Waals surface area contributed by atoms with E-state index in [2.05, 4.69) is 40.3 Å². The molecule has 0 radical (unpaired) electrons. The zero-order valence-corrected chi connectivity index (χ0v) is 14.0. The van der Waals surface area contributed by atoms with Crippen LogP contribution in [-0.4, -0.2) is 30.3 Å². The summed E-state index contributed by atoms with van der Waals surface area (Å²) in [6, 6.07) is 0.476. The van der Waals surface area contributed by atoms with Crippen molar-refractivity contribution < 1.29 is 0 Å². The second kappa shape index (κ2) is 5.91. The van der Waals surface area contributed by atoms with Crippen LogP contribution in [-0.2, 0) is 13.5 Å². The van der Waals surface area contributed by atoms with Crippen molar-refractivity contribution in [3.63, 3.8) is 0 Å². The summed E-state index contributed by atoms with van der Waals surface area (Å²) in [5.41, 5.74) is 9.42. The summed E-state index contributed by atoms with van der Waals surface area (Å²) < 4.78 is 4.20. The highest BCUT2D eigenvalue weighted by Gasteiger charge is 2.30. The van der Waals surface area contributed by atoms with Crippen LogP contribution in [0.15, 0.2) is 0 Å². The summed E-state index contributed by atoms with van der Waals surface area (Å²) in [6.07, 6.45) is 5.72. The molecule has 2 aromatic heterocycles. The van der Waals surface area contributed by atoms with E-state index in [-0.39, 0.29) is 0 Å². The molecule has 0 spiro atoms. The fraction of sp³-hybridized carbons (Fsp3) is 0.733. The third-order valence-corrected chi connectivity index (χ3v) is 5.61. The molecule has 0 amide bonds. The van der Waals surface area contributed by atoms with Crippen molar-refractivity contribution in [1.29, 1.82) is 0 Å². The maximum atomic E-state index is 6.23. The van der Waals surface area contributed by atoms with Gasteiger partial charge >= 0.3 is 0 Å². The van der Waals surface area contributed by atoms with Gasteiger partial charge in [-0.2, -0.15) is 16.9 Å². The van der Waals surface area contributed by atoms with Gasteiger partial charge in [-0.1, -0.05) is 20.3 Å². The van der Waals surface area contributed by atoms with Gasteiger partial charge in [-0.15, -0.1) is 0 Å². The molecule has 2 heterocycles. The van der Waals surface area contributed by atoms with Crippen LogP contribution in [0.25, 0.3) is 11.2 Å². The molecule has 2 N–H and O–H groups in total. The lowest BCUT2D eigenvalue weighted by atomic mass is 10.2. The molecule has 0 aromatic carbocycles. The van der Waals surface area contributed by atoms with Gasteiger partial charge in [-0.05, 0) is 31.4 Å². The molecule has 116 valence electrons. The van der Waals surface area contributed by atoms with Crippen molar-refractivity contribution >= 4 is 28.9 Å². The van der Waals surface area contributed by atoms with Crippen molar-refractivity contribution in [3.8, 4) is 0 Å². The molecule has 0 bridgehead atoms. The zero-order valence-electron chi connectivity index (χ0n) is 13.2. The smallest absolute Gasteiger partial charge is 0.202 e. The Hall–Kier alpha value is -1.17. The summed E-state index contributed by atoms with van der Waals surface area (Å²) in [5, 5.41) is 5.40. The van der Waals surface area contributed by atoms with E-state index in [9.17, 15) is 0 Å². The first-order chi connectivity index (χ1) is 10.2. The largest absolute Gasteiger partial charge is 0.369 e. The van der Waals surface area contributed by atoms with Gasteiger partial charge in [0.2, 0.25) is 5.95 Å². The van der Waals surface area contributed by atoms with Gasteiger partial charge < -0.3 is 5.73 Å². The van der Waals surface area contributed by atoms with Crippen LogP contribution in [0.3, 0.4) is 0 Å². The Balaban J connectivity index is 1.97. The van der Waals surface area contributed by atoms with Crippen LogP contribution >= 0.6 is 11.8 Å². The molecular formula is C15H25N5S. The normalized spacial score (nSPS) is 22.4. The monoisotopic (exact) mass is 307 g/mol. The minimum absolute atomic E-state index is 0.476. The number of hydrogen-bond donors (Lipinski definition) is 1. The second-order valence-electron chi connectivity index (χ2n) is 5.88. The van der Waals surface area contributed by atoms with Gasteiger partial charge in [0.05, 0.1) is 5.69 Å². The lowest BCUT2D eigenvalue weighted by Gasteiger charge is -2.15. The molecule has 5 nitrogen and oxygen atoms in total. The molecular weight excluding hydrogens is 282 g/mol. The predicted octanol–water partition coefficient (Wildman–Crippen LogP) is 3.15. The van der Waals surface area contributed by atoms with E-state index in [1.807, 2.05) is 11.7 Å². The summed E-state index contributed by atoms with van der Waals surface area (Å²) in [4.78, 5) is 4.62. The van der Waals surface area contributed by atoms with E-state index in [1.165, 1.54) is 25.0 Å². The first kappa shape index (κ1) is 14.8. The van der Waals surface area contributed by atoms with Crippen molar-refractivity contribution in [2.24, 2.45) is 7.05 Å². The molecule has 1 fully saturated rings. The molecule has 3 rings (SSSR count). The Morgan fingerprint density at radius 2 is 2.14 bits per heavy atom. The number of nitrogens with zero attached hydrogens (tertiary/aromatic N) is 4. The molecule has 2 unspecified atom stereocenters. The van der Waals surface area contributed by atoms with Gasteiger partial charge in [-0.25, -0.2) is 4.98 Å². The van der Waals surface area contributed by atoms with E-state index in [0.717, 1.165) is 34.9 Å². The van der Waals surface area contributed by atoms with E-state index in [4.69, 9.17) is 5.73 Å². The Morgan fingerprint density at radius 1 is 1.33 bits per heavy atom. The van der Waals surface area contributed by atoms with Gasteiger partial charge in [0, 0.05) is 18.3 Å². The number of rotatable bonds is 5. The van der Waals surface area contributed by atoms with Crippen LogP contribution in [0.5, 0.6) is 0 Å². The molecule has 6 heteroatoms. The van der Waals surface area contributed by atoms with Crippen LogP contribution in [0.2, 0.25) is 0 Å². The molecule has 2 aromatic rings. The molecule has 21 heavy (non-hydrogen) atoms. The number of nitrogens with two attached hydrogens (primary N) is 1. The Kier molecular flexibility index (Phi) is 4.15. The average molecular weight is 307 g/mol. The summed E-state index contributed by atoms with van der Waals surface area (Å²) in [7, 11) is 2.01. The predicted molar refractivity (Wildman–Crippen MR) is 89.7 cm³/mol. The zero-order chi connectivity index (χ0) is 15.0. The Bertz CT molecular complexity index is 630. The first-order valence-electron chi connectivity index (χ1n) is 7.96. The molecule has 0 saturated heterocycles. The van der Waals surface area contributed by atoms with Crippen molar-refractivity contribution in [1.82, 2.24) is 19.3 Å². The highest BCUT2D eigenvalue weighted by molar-refractivity contribution is 7.99. The fourth-order valence-electron chi connectivity index (χ4n) is 3.52. The maximum Gasteiger partial charge on any atom is 0.202 e. The van der Waals surface area contributed by atoms with Crippen molar-refractivity contribution in [2.45, 2.75) is 57.2 Å². The number of nitrogen functional groups attached to an aromatic ring is 1. The number of imidazole rings is 1. The first-order valence-corrected chi connectivity index (χ1v) is 9.01. The molecule has 1 aliphatic rings. The van der Waals surface area contributed by atoms with Crippen LogP contribution in [0.1, 0.15) is 51.3 Å². The minimum Gasteiger partial charge on any atom is -0.369 e. The van der Waals surface area contributed by atoms with E-state index >= 15 is 0 Å². The van der Waals surface area contributed by atoms with E-state index < -0.39 is 0 Å². The Morgan fingerprint density at radius 3 is 2.86 bits per heavy atom. The van der Waals surface area contributed by atoms with Crippen LogP contribution in [0.4, 0.5) is 5.95 Å². The maximum absolute atomic E-state index is 6.23. The molecule has 1 aliphatic carbocycles. The third kappa shape index (κ3) is 2.54. The van der Waals surface area contributed by atoms with Gasteiger partial charge in [0.1, 0.15) is 5.52 Å². The van der Waals surface area contributed by atoms with E-state index in [0.29, 0.717) is 12.0 Å². The number of hydrogen-bond acceptors (Lipinski definition) is 4. The van der Waals surface area contributed by atoms with E-state index in [1.54, 1.807) is 0 Å². The number of aryl methyl sites for hydroxylation is 2. The molecule has 0 aliphatic heterocycles. The van der Waals surface area contributed by atoms with Crippen molar-refractivity contribution in [2.75, 3.05) is 11.5 Å². The lowest BCUT2D eigenvalue weighted by Crippen LogP contribution is -2.12. The number of thioether (sulfide) groups is 1. The topological polar surface area (TPSA) is 61.7 Å². The molecule has 1 saturated carbocycles. The summed E-state index contributed by atoms with van der Waals surface area (Å²) in [5.74, 6) is 1.85.